The lowest BCUT2D eigenvalue weighted by atomic mass is 9.89. The topological polar surface area (TPSA) is 49.4 Å². The van der Waals surface area contributed by atoms with Gasteiger partial charge in [-0.3, -0.25) is 9.59 Å². The summed E-state index contributed by atoms with van der Waals surface area (Å²) >= 11 is 0. The average Bonchev–Trinajstić information content (AvgIpc) is 2.59. The van der Waals surface area contributed by atoms with Gasteiger partial charge in [0.15, 0.2) is 0 Å². The minimum atomic E-state index is 0.0628. The smallest absolute Gasteiger partial charge is 0.223 e. The molecular formula is C19H28N2O2. The maximum atomic E-state index is 12.1. The molecule has 0 heterocycles. The first-order chi connectivity index (χ1) is 11.2. The molecule has 1 fully saturated rings. The number of rotatable bonds is 7. The van der Waals surface area contributed by atoms with Crippen molar-refractivity contribution in [1.82, 2.24) is 10.2 Å². The molecule has 4 nitrogen and oxygen atoms in total. The van der Waals surface area contributed by atoms with Gasteiger partial charge in [0.1, 0.15) is 0 Å². The quantitative estimate of drug-likeness (QED) is 0.841. The average molecular weight is 316 g/mol. The van der Waals surface area contributed by atoms with Crippen LogP contribution >= 0.6 is 0 Å². The van der Waals surface area contributed by atoms with Gasteiger partial charge in [-0.25, -0.2) is 0 Å². The summed E-state index contributed by atoms with van der Waals surface area (Å²) in [4.78, 5) is 25.7. The Balaban J connectivity index is 1.71. The van der Waals surface area contributed by atoms with E-state index in [2.05, 4.69) is 17.4 Å². The second kappa shape index (κ2) is 9.33. The summed E-state index contributed by atoms with van der Waals surface area (Å²) in [7, 11) is 0. The molecule has 2 amide bonds. The van der Waals surface area contributed by atoms with Crippen molar-refractivity contribution in [2.75, 3.05) is 19.6 Å². The molecule has 0 unspecified atom stereocenters. The molecule has 0 aromatic heterocycles. The van der Waals surface area contributed by atoms with Gasteiger partial charge < -0.3 is 10.2 Å². The molecule has 1 aliphatic rings. The van der Waals surface area contributed by atoms with Crippen molar-refractivity contribution in [2.24, 2.45) is 5.92 Å². The zero-order chi connectivity index (χ0) is 16.5. The third-order valence-corrected chi connectivity index (χ3v) is 4.62. The van der Waals surface area contributed by atoms with E-state index < -0.39 is 0 Å². The summed E-state index contributed by atoms with van der Waals surface area (Å²) in [5.74, 6) is 0.406. The van der Waals surface area contributed by atoms with Crippen LogP contribution in [0.1, 0.15) is 44.6 Å². The molecule has 2 rings (SSSR count). The Morgan fingerprint density at radius 2 is 1.78 bits per heavy atom. The van der Waals surface area contributed by atoms with Crippen molar-refractivity contribution in [3.05, 3.63) is 35.9 Å². The van der Waals surface area contributed by atoms with Gasteiger partial charge in [-0.1, -0.05) is 49.6 Å². The molecule has 1 aliphatic carbocycles. The second-order valence-corrected chi connectivity index (χ2v) is 6.37. The summed E-state index contributed by atoms with van der Waals surface area (Å²) in [6.45, 7) is 3.41. The van der Waals surface area contributed by atoms with Crippen LogP contribution in [0.5, 0.6) is 0 Å². The largest absolute Gasteiger partial charge is 0.354 e. The van der Waals surface area contributed by atoms with E-state index in [0.717, 1.165) is 32.1 Å². The molecule has 23 heavy (non-hydrogen) atoms. The molecule has 0 aliphatic heterocycles. The van der Waals surface area contributed by atoms with Crippen LogP contribution in [0.2, 0.25) is 0 Å². The van der Waals surface area contributed by atoms with Crippen molar-refractivity contribution < 1.29 is 9.59 Å². The van der Waals surface area contributed by atoms with Crippen LogP contribution in [0.25, 0.3) is 0 Å². The second-order valence-electron chi connectivity index (χ2n) is 6.37. The van der Waals surface area contributed by atoms with Crippen molar-refractivity contribution in [3.63, 3.8) is 0 Å². The van der Waals surface area contributed by atoms with Gasteiger partial charge in [0, 0.05) is 32.5 Å². The Hall–Kier alpha value is -1.84. The highest BCUT2D eigenvalue weighted by atomic mass is 16.2. The SMILES string of the molecule is CC(=O)N(CCNC(=O)C1CCCCC1)CCc1ccccc1. The lowest BCUT2D eigenvalue weighted by Crippen LogP contribution is -2.40. The Bertz CT molecular complexity index is 495. The number of nitrogens with zero attached hydrogens (tertiary/aromatic N) is 1. The Kier molecular flexibility index (Phi) is 7.11. The summed E-state index contributed by atoms with van der Waals surface area (Å²) in [5.41, 5.74) is 1.23. The van der Waals surface area contributed by atoms with Crippen LogP contribution in [-0.4, -0.2) is 36.3 Å². The van der Waals surface area contributed by atoms with E-state index in [9.17, 15) is 9.59 Å². The summed E-state index contributed by atoms with van der Waals surface area (Å²) in [5, 5.41) is 3.00. The van der Waals surface area contributed by atoms with Gasteiger partial charge in [-0.15, -0.1) is 0 Å². The third kappa shape index (κ3) is 6.05. The third-order valence-electron chi connectivity index (χ3n) is 4.62. The van der Waals surface area contributed by atoms with Crippen LogP contribution in [-0.2, 0) is 16.0 Å². The highest BCUT2D eigenvalue weighted by Gasteiger charge is 2.20. The van der Waals surface area contributed by atoms with Crippen molar-refractivity contribution in [2.45, 2.75) is 45.4 Å². The Morgan fingerprint density at radius 3 is 2.43 bits per heavy atom. The molecule has 1 N–H and O–H groups in total. The van der Waals surface area contributed by atoms with E-state index in [0.29, 0.717) is 19.6 Å². The zero-order valence-electron chi connectivity index (χ0n) is 14.1. The number of benzene rings is 1. The number of nitrogens with one attached hydrogen (secondary N) is 1. The molecule has 0 saturated heterocycles. The number of hydrogen-bond acceptors (Lipinski definition) is 2. The van der Waals surface area contributed by atoms with Crippen LogP contribution in [0.3, 0.4) is 0 Å². The first-order valence-corrected chi connectivity index (χ1v) is 8.74. The van der Waals surface area contributed by atoms with Crippen LogP contribution in [0.15, 0.2) is 30.3 Å². The molecule has 0 spiro atoms. The minimum absolute atomic E-state index is 0.0628. The predicted molar refractivity (Wildman–Crippen MR) is 92.0 cm³/mol. The van der Waals surface area contributed by atoms with Crippen LogP contribution < -0.4 is 5.32 Å². The number of carbonyl (C=O) groups excluding carboxylic acids is 2. The minimum Gasteiger partial charge on any atom is -0.354 e. The van der Waals surface area contributed by atoms with E-state index >= 15 is 0 Å². The molecule has 1 aromatic carbocycles. The van der Waals surface area contributed by atoms with Gasteiger partial charge in [0.05, 0.1) is 0 Å². The van der Waals surface area contributed by atoms with Crippen molar-refractivity contribution >= 4 is 11.8 Å². The fourth-order valence-corrected chi connectivity index (χ4v) is 3.16. The van der Waals surface area contributed by atoms with Crippen LogP contribution in [0, 0.1) is 5.92 Å². The number of hydrogen-bond donors (Lipinski definition) is 1. The van der Waals surface area contributed by atoms with Crippen molar-refractivity contribution in [3.8, 4) is 0 Å². The maximum Gasteiger partial charge on any atom is 0.223 e. The molecule has 4 heteroatoms. The molecule has 126 valence electrons. The molecule has 1 aromatic rings. The van der Waals surface area contributed by atoms with Crippen LogP contribution in [0.4, 0.5) is 0 Å². The van der Waals surface area contributed by atoms with Gasteiger partial charge in [-0.05, 0) is 24.8 Å². The van der Waals surface area contributed by atoms with E-state index in [1.807, 2.05) is 23.1 Å². The standard InChI is InChI=1S/C19H28N2O2/c1-16(22)21(14-12-17-8-4-2-5-9-17)15-13-20-19(23)18-10-6-3-7-11-18/h2,4-5,8-9,18H,3,6-7,10-15H2,1H3,(H,20,23). The molecule has 0 bridgehead atoms. The van der Waals surface area contributed by atoms with E-state index in [-0.39, 0.29) is 17.7 Å². The number of amides is 2. The summed E-state index contributed by atoms with van der Waals surface area (Å²) in [6.07, 6.45) is 6.44. The molecular weight excluding hydrogens is 288 g/mol. The lowest BCUT2D eigenvalue weighted by molar-refractivity contribution is -0.130. The monoisotopic (exact) mass is 316 g/mol. The van der Waals surface area contributed by atoms with Gasteiger partial charge >= 0.3 is 0 Å². The highest BCUT2D eigenvalue weighted by Crippen LogP contribution is 2.23. The van der Waals surface area contributed by atoms with Gasteiger partial charge in [0.25, 0.3) is 0 Å². The van der Waals surface area contributed by atoms with E-state index in [4.69, 9.17) is 0 Å². The Morgan fingerprint density at radius 1 is 1.09 bits per heavy atom. The maximum absolute atomic E-state index is 12.1. The first-order valence-electron chi connectivity index (χ1n) is 8.74. The zero-order valence-corrected chi connectivity index (χ0v) is 14.1. The van der Waals surface area contributed by atoms with E-state index in [1.165, 1.54) is 12.0 Å². The van der Waals surface area contributed by atoms with Crippen molar-refractivity contribution in [1.29, 1.82) is 0 Å². The lowest BCUT2D eigenvalue weighted by Gasteiger charge is -2.24. The fourth-order valence-electron chi connectivity index (χ4n) is 3.16. The number of carbonyl (C=O) groups is 2. The molecule has 1 saturated carbocycles. The molecule has 0 atom stereocenters. The van der Waals surface area contributed by atoms with Gasteiger partial charge in [-0.2, -0.15) is 0 Å². The van der Waals surface area contributed by atoms with Gasteiger partial charge in [0.2, 0.25) is 11.8 Å². The normalized spacial score (nSPS) is 15.2. The molecule has 0 radical (unpaired) electrons. The predicted octanol–water partition coefficient (Wildman–Crippen LogP) is 2.77. The summed E-state index contributed by atoms with van der Waals surface area (Å²) in [6, 6.07) is 10.2. The Labute approximate surface area is 139 Å². The fraction of sp³-hybridized carbons (Fsp3) is 0.579. The highest BCUT2D eigenvalue weighted by molar-refractivity contribution is 5.78. The summed E-state index contributed by atoms with van der Waals surface area (Å²) < 4.78 is 0. The first kappa shape index (κ1) is 17.5. The van der Waals surface area contributed by atoms with E-state index in [1.54, 1.807) is 6.92 Å².